The third-order valence-corrected chi connectivity index (χ3v) is 5.57. The first-order chi connectivity index (χ1) is 12.1. The molecular weight excluding hydrogens is 336 g/mol. The fraction of sp³-hybridized carbons (Fsp3) is 0.444. The third-order valence-electron chi connectivity index (χ3n) is 4.69. The number of nitrogens with one attached hydrogen (secondary N) is 1. The van der Waals surface area contributed by atoms with Crippen LogP contribution in [0.15, 0.2) is 24.3 Å². The summed E-state index contributed by atoms with van der Waals surface area (Å²) in [5.74, 6) is 0.122. The molecule has 2 amide bonds. The van der Waals surface area contributed by atoms with E-state index in [-0.39, 0.29) is 23.8 Å². The van der Waals surface area contributed by atoms with E-state index >= 15 is 0 Å². The van der Waals surface area contributed by atoms with Crippen LogP contribution in [0.4, 0.5) is 5.13 Å². The average molecular weight is 356 g/mol. The van der Waals surface area contributed by atoms with E-state index in [1.165, 1.54) is 11.3 Å². The van der Waals surface area contributed by atoms with Crippen molar-refractivity contribution in [1.82, 2.24) is 15.1 Å². The smallest absolute Gasteiger partial charge is 0.249 e. The standard InChI is InChI=1S/C18H20N4O2S/c1-11-4-2-5-13(10-11)16-20-21-18(25-16)19-15(23)14-6-3-9-22(14)17(24)12-7-8-12/h2,4-5,10,12,14H,3,6-9H2,1H3,(H,19,21,23). The SMILES string of the molecule is Cc1cccc(-c2nnc(NC(=O)C3CCCN3C(=O)C3CC3)s2)c1. The van der Waals surface area contributed by atoms with E-state index in [2.05, 4.69) is 15.5 Å². The van der Waals surface area contributed by atoms with Gasteiger partial charge in [0.25, 0.3) is 0 Å². The Kier molecular flexibility index (Phi) is 4.25. The van der Waals surface area contributed by atoms with Gasteiger partial charge in [-0.2, -0.15) is 0 Å². The van der Waals surface area contributed by atoms with Crippen molar-refractivity contribution in [3.05, 3.63) is 29.8 Å². The van der Waals surface area contributed by atoms with Crippen molar-refractivity contribution in [2.45, 2.75) is 38.6 Å². The highest BCUT2D eigenvalue weighted by Gasteiger charge is 2.41. The number of carbonyl (C=O) groups is 2. The summed E-state index contributed by atoms with van der Waals surface area (Å²) in [7, 11) is 0. The minimum Gasteiger partial charge on any atom is -0.330 e. The molecule has 1 saturated carbocycles. The number of nitrogens with zero attached hydrogens (tertiary/aromatic N) is 3. The number of hydrogen-bond acceptors (Lipinski definition) is 5. The molecule has 2 fully saturated rings. The van der Waals surface area contributed by atoms with Crippen LogP contribution in [0.3, 0.4) is 0 Å². The first-order valence-electron chi connectivity index (χ1n) is 8.64. The number of hydrogen-bond donors (Lipinski definition) is 1. The Morgan fingerprint density at radius 1 is 1.24 bits per heavy atom. The van der Waals surface area contributed by atoms with Crippen molar-refractivity contribution in [2.75, 3.05) is 11.9 Å². The second-order valence-corrected chi connectivity index (χ2v) is 7.71. The lowest BCUT2D eigenvalue weighted by Crippen LogP contribution is -2.43. The van der Waals surface area contributed by atoms with Gasteiger partial charge in [-0.3, -0.25) is 14.9 Å². The molecular formula is C18H20N4O2S. The van der Waals surface area contributed by atoms with Gasteiger partial charge in [-0.05, 0) is 38.7 Å². The number of rotatable bonds is 4. The zero-order valence-corrected chi connectivity index (χ0v) is 14.9. The number of amides is 2. The zero-order valence-electron chi connectivity index (χ0n) is 14.1. The van der Waals surface area contributed by atoms with E-state index < -0.39 is 0 Å². The monoisotopic (exact) mass is 356 g/mol. The largest absolute Gasteiger partial charge is 0.330 e. The van der Waals surface area contributed by atoms with E-state index in [1.807, 2.05) is 31.2 Å². The maximum atomic E-state index is 12.6. The van der Waals surface area contributed by atoms with Crippen LogP contribution in [-0.4, -0.2) is 39.5 Å². The van der Waals surface area contributed by atoms with Crippen LogP contribution in [0.1, 0.15) is 31.2 Å². The highest BCUT2D eigenvalue weighted by atomic mass is 32.1. The van der Waals surface area contributed by atoms with Gasteiger partial charge in [0.1, 0.15) is 11.0 Å². The van der Waals surface area contributed by atoms with Crippen LogP contribution in [0.2, 0.25) is 0 Å². The fourth-order valence-corrected chi connectivity index (χ4v) is 3.97. The molecule has 1 unspecified atom stereocenters. The average Bonchev–Trinajstić information content (AvgIpc) is 3.15. The summed E-state index contributed by atoms with van der Waals surface area (Å²) in [6, 6.07) is 7.65. The molecule has 1 N–H and O–H groups in total. The van der Waals surface area contributed by atoms with Crippen molar-refractivity contribution in [1.29, 1.82) is 0 Å². The minimum atomic E-state index is -0.376. The second-order valence-electron chi connectivity index (χ2n) is 6.74. The van der Waals surface area contributed by atoms with Crippen molar-refractivity contribution in [3.63, 3.8) is 0 Å². The van der Waals surface area contributed by atoms with Gasteiger partial charge >= 0.3 is 0 Å². The van der Waals surface area contributed by atoms with Crippen LogP contribution in [0, 0.1) is 12.8 Å². The summed E-state index contributed by atoms with van der Waals surface area (Å²) in [5, 5.41) is 12.4. The van der Waals surface area contributed by atoms with Crippen LogP contribution < -0.4 is 5.32 Å². The Hall–Kier alpha value is -2.28. The zero-order chi connectivity index (χ0) is 17.4. The van der Waals surface area contributed by atoms with Crippen LogP contribution >= 0.6 is 11.3 Å². The molecule has 0 radical (unpaired) electrons. The number of aromatic nitrogens is 2. The fourth-order valence-electron chi connectivity index (χ4n) is 3.23. The molecule has 2 aliphatic rings. The van der Waals surface area contributed by atoms with Crippen LogP contribution in [0.5, 0.6) is 0 Å². The predicted molar refractivity (Wildman–Crippen MR) is 96.2 cm³/mol. The predicted octanol–water partition coefficient (Wildman–Crippen LogP) is 2.85. The molecule has 2 aromatic rings. The molecule has 1 atom stereocenters. The highest BCUT2D eigenvalue weighted by Crippen LogP contribution is 2.34. The van der Waals surface area contributed by atoms with Gasteiger partial charge in [-0.25, -0.2) is 0 Å². The number of carbonyl (C=O) groups excluding carboxylic acids is 2. The third kappa shape index (κ3) is 3.42. The summed E-state index contributed by atoms with van der Waals surface area (Å²) in [5.41, 5.74) is 2.14. The quantitative estimate of drug-likeness (QED) is 0.914. The van der Waals surface area contributed by atoms with Gasteiger partial charge in [0.2, 0.25) is 16.9 Å². The van der Waals surface area contributed by atoms with Gasteiger partial charge in [-0.1, -0.05) is 35.1 Å². The van der Waals surface area contributed by atoms with Crippen molar-refractivity contribution < 1.29 is 9.59 Å². The van der Waals surface area contributed by atoms with E-state index in [1.54, 1.807) is 4.90 Å². The van der Waals surface area contributed by atoms with Crippen LogP contribution in [-0.2, 0) is 9.59 Å². The van der Waals surface area contributed by atoms with Crippen LogP contribution in [0.25, 0.3) is 10.6 Å². The molecule has 1 aromatic carbocycles. The number of likely N-dealkylation sites (tertiary alicyclic amines) is 1. The van der Waals surface area contributed by atoms with Crippen molar-refractivity contribution >= 4 is 28.3 Å². The number of aryl methyl sites for hydroxylation is 1. The highest BCUT2D eigenvalue weighted by molar-refractivity contribution is 7.18. The minimum absolute atomic E-state index is 0.135. The molecule has 0 bridgehead atoms. The molecule has 1 aromatic heterocycles. The maximum Gasteiger partial charge on any atom is 0.249 e. The molecule has 1 saturated heterocycles. The van der Waals surface area contributed by atoms with Gasteiger partial charge in [0, 0.05) is 18.0 Å². The molecule has 1 aliphatic carbocycles. The molecule has 2 heterocycles. The number of anilines is 1. The Bertz CT molecular complexity index is 815. The van der Waals surface area contributed by atoms with Gasteiger partial charge in [-0.15, -0.1) is 10.2 Å². The normalized spacial score (nSPS) is 19.9. The first kappa shape index (κ1) is 16.2. The van der Waals surface area contributed by atoms with Gasteiger partial charge < -0.3 is 4.90 Å². The summed E-state index contributed by atoms with van der Waals surface area (Å²) in [6.07, 6.45) is 3.51. The summed E-state index contributed by atoms with van der Waals surface area (Å²) in [6.45, 7) is 2.71. The molecule has 1 aliphatic heterocycles. The Balaban J connectivity index is 1.45. The molecule has 0 spiro atoms. The number of benzene rings is 1. The molecule has 6 nitrogen and oxygen atoms in total. The lowest BCUT2D eigenvalue weighted by molar-refractivity contribution is -0.137. The molecule has 7 heteroatoms. The Morgan fingerprint density at radius 3 is 2.84 bits per heavy atom. The summed E-state index contributed by atoms with van der Waals surface area (Å²) >= 11 is 1.35. The first-order valence-corrected chi connectivity index (χ1v) is 9.45. The van der Waals surface area contributed by atoms with Gasteiger partial charge in [0.05, 0.1) is 0 Å². The van der Waals surface area contributed by atoms with Crippen molar-refractivity contribution in [3.8, 4) is 10.6 Å². The van der Waals surface area contributed by atoms with E-state index in [4.69, 9.17) is 0 Å². The molecule has 4 rings (SSSR count). The maximum absolute atomic E-state index is 12.6. The lowest BCUT2D eigenvalue weighted by atomic mass is 10.1. The van der Waals surface area contributed by atoms with E-state index in [0.717, 1.165) is 35.4 Å². The lowest BCUT2D eigenvalue weighted by Gasteiger charge is -2.23. The summed E-state index contributed by atoms with van der Waals surface area (Å²) < 4.78 is 0. The Morgan fingerprint density at radius 2 is 2.08 bits per heavy atom. The van der Waals surface area contributed by atoms with E-state index in [9.17, 15) is 9.59 Å². The van der Waals surface area contributed by atoms with Crippen molar-refractivity contribution in [2.24, 2.45) is 5.92 Å². The molecule has 25 heavy (non-hydrogen) atoms. The van der Waals surface area contributed by atoms with Gasteiger partial charge in [0.15, 0.2) is 0 Å². The molecule has 130 valence electrons. The van der Waals surface area contributed by atoms with E-state index in [0.29, 0.717) is 18.1 Å². The Labute approximate surface area is 150 Å². The topological polar surface area (TPSA) is 75.2 Å². The summed E-state index contributed by atoms with van der Waals surface area (Å²) in [4.78, 5) is 26.7. The second kappa shape index (κ2) is 6.55.